The van der Waals surface area contributed by atoms with Crippen molar-refractivity contribution in [2.75, 3.05) is 25.1 Å². The molecule has 4 heteroatoms. The summed E-state index contributed by atoms with van der Waals surface area (Å²) in [5.74, 6) is 0. The second-order valence-corrected chi connectivity index (χ2v) is 6.09. The van der Waals surface area contributed by atoms with Gasteiger partial charge in [0.05, 0.1) is 16.3 Å². The maximum absolute atomic E-state index is 6.41. The second kappa shape index (κ2) is 5.70. The summed E-state index contributed by atoms with van der Waals surface area (Å²) in [7, 11) is 1.78. The quantitative estimate of drug-likeness (QED) is 0.924. The van der Waals surface area contributed by atoms with E-state index in [1.165, 1.54) is 0 Å². The first-order chi connectivity index (χ1) is 8.95. The molecule has 0 amide bonds. The third-order valence-corrected chi connectivity index (χ3v) is 4.29. The second-order valence-electron chi connectivity index (χ2n) is 5.68. The third kappa shape index (κ3) is 3.22. The summed E-state index contributed by atoms with van der Waals surface area (Å²) in [6.07, 6.45) is 2.21. The van der Waals surface area contributed by atoms with Gasteiger partial charge in [-0.2, -0.15) is 0 Å². The Morgan fingerprint density at radius 2 is 2.21 bits per heavy atom. The Hall–Kier alpha value is -0.770. The average molecular weight is 283 g/mol. The Morgan fingerprint density at radius 3 is 2.79 bits per heavy atom. The van der Waals surface area contributed by atoms with Gasteiger partial charge in [-0.3, -0.25) is 0 Å². The largest absolute Gasteiger partial charge is 0.377 e. The number of benzene rings is 1. The SMILES string of the molecule is COC1(C)CCCN(c2ccc([C@@H](C)N)cc2Cl)C1. The highest BCUT2D eigenvalue weighted by molar-refractivity contribution is 6.33. The first kappa shape index (κ1) is 14.6. The predicted molar refractivity (Wildman–Crippen MR) is 80.9 cm³/mol. The molecule has 1 unspecified atom stereocenters. The summed E-state index contributed by atoms with van der Waals surface area (Å²) in [5, 5.41) is 0.773. The third-order valence-electron chi connectivity index (χ3n) is 3.99. The molecule has 1 aliphatic rings. The number of hydrogen-bond acceptors (Lipinski definition) is 3. The number of nitrogens with two attached hydrogens (primary N) is 1. The van der Waals surface area contributed by atoms with E-state index in [4.69, 9.17) is 22.1 Å². The number of anilines is 1. The molecule has 2 N–H and O–H groups in total. The summed E-state index contributed by atoms with van der Waals surface area (Å²) in [5.41, 5.74) is 7.95. The number of rotatable bonds is 3. The Morgan fingerprint density at radius 1 is 1.47 bits per heavy atom. The lowest BCUT2D eigenvalue weighted by Crippen LogP contribution is -2.47. The summed E-state index contributed by atoms with van der Waals surface area (Å²) in [6, 6.07) is 6.12. The minimum absolute atomic E-state index is 0.0112. The van der Waals surface area contributed by atoms with Crippen molar-refractivity contribution in [2.24, 2.45) is 5.73 Å². The van der Waals surface area contributed by atoms with Gasteiger partial charge in [-0.05, 0) is 44.4 Å². The number of nitrogens with zero attached hydrogens (tertiary/aromatic N) is 1. The van der Waals surface area contributed by atoms with Crippen molar-refractivity contribution in [3.63, 3.8) is 0 Å². The van der Waals surface area contributed by atoms with Crippen LogP contribution in [0.2, 0.25) is 5.02 Å². The molecule has 0 bridgehead atoms. The van der Waals surface area contributed by atoms with Gasteiger partial charge in [0, 0.05) is 26.2 Å². The standard InChI is InChI=1S/C15H23ClN2O/c1-11(17)12-5-6-14(13(16)9-12)18-8-4-7-15(2,10-18)19-3/h5-6,9,11H,4,7-8,10,17H2,1-3H3/t11-,15?/m1/s1. The van der Waals surface area contributed by atoms with Gasteiger partial charge in [-0.25, -0.2) is 0 Å². The molecule has 3 nitrogen and oxygen atoms in total. The molecule has 1 fully saturated rings. The zero-order chi connectivity index (χ0) is 14.0. The molecule has 19 heavy (non-hydrogen) atoms. The highest BCUT2D eigenvalue weighted by Gasteiger charge is 2.31. The van der Waals surface area contributed by atoms with Gasteiger partial charge in [-0.1, -0.05) is 17.7 Å². The molecule has 0 radical (unpaired) electrons. The van der Waals surface area contributed by atoms with E-state index in [2.05, 4.69) is 24.0 Å². The number of hydrogen-bond donors (Lipinski definition) is 1. The molecule has 0 spiro atoms. The van der Waals surface area contributed by atoms with Crippen LogP contribution in [0, 0.1) is 0 Å². The molecular formula is C15H23ClN2O. The van der Waals surface area contributed by atoms with Gasteiger partial charge in [0.15, 0.2) is 0 Å². The molecule has 1 aromatic rings. The van der Waals surface area contributed by atoms with Gasteiger partial charge in [0.25, 0.3) is 0 Å². The zero-order valence-electron chi connectivity index (χ0n) is 11.9. The van der Waals surface area contributed by atoms with Crippen LogP contribution >= 0.6 is 11.6 Å². The van der Waals surface area contributed by atoms with Crippen molar-refractivity contribution in [3.8, 4) is 0 Å². The van der Waals surface area contributed by atoms with Crippen LogP contribution in [0.3, 0.4) is 0 Å². The van der Waals surface area contributed by atoms with Gasteiger partial charge in [0.1, 0.15) is 0 Å². The Balaban J connectivity index is 2.22. The predicted octanol–water partition coefficient (Wildman–Crippen LogP) is 3.37. The molecule has 1 aliphatic heterocycles. The van der Waals surface area contributed by atoms with Crippen LogP contribution in [0.4, 0.5) is 5.69 Å². The fourth-order valence-corrected chi connectivity index (χ4v) is 2.95. The van der Waals surface area contributed by atoms with Crippen molar-refractivity contribution in [2.45, 2.75) is 38.3 Å². The summed E-state index contributed by atoms with van der Waals surface area (Å²) >= 11 is 6.41. The van der Waals surface area contributed by atoms with Crippen LogP contribution in [0.1, 0.15) is 38.3 Å². The van der Waals surface area contributed by atoms with E-state index in [9.17, 15) is 0 Å². The fraction of sp³-hybridized carbons (Fsp3) is 0.600. The minimum Gasteiger partial charge on any atom is -0.377 e. The number of halogens is 1. The lowest BCUT2D eigenvalue weighted by molar-refractivity contribution is -0.00464. The molecule has 1 saturated heterocycles. The lowest BCUT2D eigenvalue weighted by Gasteiger charge is -2.41. The van der Waals surface area contributed by atoms with E-state index in [-0.39, 0.29) is 11.6 Å². The normalized spacial score (nSPS) is 25.4. The maximum atomic E-state index is 6.41. The Kier molecular flexibility index (Phi) is 4.39. The van der Waals surface area contributed by atoms with Crippen LogP contribution in [-0.4, -0.2) is 25.8 Å². The van der Waals surface area contributed by atoms with Gasteiger partial charge in [-0.15, -0.1) is 0 Å². The van der Waals surface area contributed by atoms with Crippen molar-refractivity contribution >= 4 is 17.3 Å². The van der Waals surface area contributed by atoms with Crippen LogP contribution in [-0.2, 0) is 4.74 Å². The minimum atomic E-state index is -0.0819. The molecule has 1 aromatic carbocycles. The van der Waals surface area contributed by atoms with E-state index in [1.54, 1.807) is 7.11 Å². The Bertz CT molecular complexity index is 450. The molecule has 1 heterocycles. The smallest absolute Gasteiger partial charge is 0.0825 e. The van der Waals surface area contributed by atoms with Crippen LogP contribution in [0.15, 0.2) is 18.2 Å². The van der Waals surface area contributed by atoms with Gasteiger partial charge < -0.3 is 15.4 Å². The van der Waals surface area contributed by atoms with E-state index in [1.807, 2.05) is 13.0 Å². The highest BCUT2D eigenvalue weighted by atomic mass is 35.5. The number of piperidine rings is 1. The van der Waals surface area contributed by atoms with Crippen molar-refractivity contribution < 1.29 is 4.74 Å². The molecule has 0 aromatic heterocycles. The van der Waals surface area contributed by atoms with Crippen molar-refractivity contribution in [1.29, 1.82) is 0 Å². The summed E-state index contributed by atoms with van der Waals surface area (Å²) in [6.45, 7) is 6.02. The van der Waals surface area contributed by atoms with E-state index >= 15 is 0 Å². The maximum Gasteiger partial charge on any atom is 0.0825 e. The van der Waals surface area contributed by atoms with E-state index in [0.29, 0.717) is 0 Å². The highest BCUT2D eigenvalue weighted by Crippen LogP contribution is 2.33. The number of ether oxygens (including phenoxy) is 1. The lowest BCUT2D eigenvalue weighted by atomic mass is 9.94. The van der Waals surface area contributed by atoms with Crippen LogP contribution in [0.5, 0.6) is 0 Å². The number of methoxy groups -OCH3 is 1. The van der Waals surface area contributed by atoms with E-state index < -0.39 is 0 Å². The Labute approximate surface area is 120 Å². The molecule has 106 valence electrons. The molecule has 0 aliphatic carbocycles. The molecular weight excluding hydrogens is 260 g/mol. The molecule has 2 atom stereocenters. The van der Waals surface area contributed by atoms with Crippen LogP contribution < -0.4 is 10.6 Å². The zero-order valence-corrected chi connectivity index (χ0v) is 12.7. The average Bonchev–Trinajstić information content (AvgIpc) is 2.38. The van der Waals surface area contributed by atoms with Gasteiger partial charge >= 0.3 is 0 Å². The van der Waals surface area contributed by atoms with Gasteiger partial charge in [0.2, 0.25) is 0 Å². The summed E-state index contributed by atoms with van der Waals surface area (Å²) in [4.78, 5) is 2.31. The van der Waals surface area contributed by atoms with Crippen LogP contribution in [0.25, 0.3) is 0 Å². The van der Waals surface area contributed by atoms with Crippen molar-refractivity contribution in [1.82, 2.24) is 0 Å². The summed E-state index contributed by atoms with van der Waals surface area (Å²) < 4.78 is 5.63. The first-order valence-electron chi connectivity index (χ1n) is 6.80. The molecule has 0 saturated carbocycles. The molecule has 2 rings (SSSR count). The van der Waals surface area contributed by atoms with E-state index in [0.717, 1.165) is 42.2 Å². The monoisotopic (exact) mass is 282 g/mol. The topological polar surface area (TPSA) is 38.5 Å². The van der Waals surface area contributed by atoms with Crippen molar-refractivity contribution in [3.05, 3.63) is 28.8 Å². The first-order valence-corrected chi connectivity index (χ1v) is 7.18. The fourth-order valence-electron chi connectivity index (χ4n) is 2.64.